The molecule has 1 nitrogen and oxygen atoms in total. The third kappa shape index (κ3) is 2.96. The maximum Gasteiger partial charge on any atom is 0.0768 e. The Bertz CT molecular complexity index is 1810. The summed E-state index contributed by atoms with van der Waals surface area (Å²) < 4.78 is 5.04. The Morgan fingerprint density at radius 1 is 0.515 bits per heavy atom. The van der Waals surface area contributed by atoms with Gasteiger partial charge in [0.25, 0.3) is 0 Å². The van der Waals surface area contributed by atoms with Crippen LogP contribution in [0.2, 0.25) is 0 Å². The second-order valence-corrected chi connectivity index (χ2v) is 10.4. The van der Waals surface area contributed by atoms with Gasteiger partial charge in [0, 0.05) is 26.2 Å². The molecule has 7 rings (SSSR count). The van der Waals surface area contributed by atoms with Crippen LogP contribution >= 0.6 is 34.2 Å². The van der Waals surface area contributed by atoms with Crippen LogP contribution in [0, 0.1) is 0 Å². The summed E-state index contributed by atoms with van der Waals surface area (Å²) in [7, 11) is 0. The maximum absolute atomic E-state index is 2.47. The van der Waals surface area contributed by atoms with E-state index in [-0.39, 0.29) is 0 Å². The molecule has 156 valence electrons. The van der Waals surface area contributed by atoms with Gasteiger partial charge >= 0.3 is 0 Å². The van der Waals surface area contributed by atoms with E-state index in [2.05, 4.69) is 135 Å². The Labute approximate surface area is 209 Å². The van der Waals surface area contributed by atoms with Gasteiger partial charge in [0.05, 0.1) is 38.6 Å². The second-order valence-electron chi connectivity index (χ2n) is 8.40. The minimum atomic E-state index is 1.25. The summed E-state index contributed by atoms with van der Waals surface area (Å²) in [5.74, 6) is 0. The Kier molecular flexibility index (Phi) is 4.36. The zero-order valence-corrected chi connectivity index (χ0v) is 20.6. The first-order valence-electron chi connectivity index (χ1n) is 11.0. The predicted molar refractivity (Wildman–Crippen MR) is 153 cm³/mol. The van der Waals surface area contributed by atoms with Crippen molar-refractivity contribution in [1.82, 2.24) is 2.78 Å². The number of halogens is 1. The number of thiophene rings is 1. The van der Waals surface area contributed by atoms with Crippen molar-refractivity contribution in [2.45, 2.75) is 0 Å². The summed E-state index contributed by atoms with van der Waals surface area (Å²) in [5, 5.41) is 5.30. The zero-order valence-electron chi connectivity index (χ0n) is 17.6. The SMILES string of the molecule is In1c2ccc(-c3ccccc3)cc2c2ccc3c4cc(-c5ccccc5)ccc4sc3c21. The lowest BCUT2D eigenvalue weighted by molar-refractivity contribution is 1.51. The minimum Gasteiger partial charge on any atom is -0.280 e. The van der Waals surface area contributed by atoms with Crippen molar-refractivity contribution >= 4 is 76.2 Å². The Morgan fingerprint density at radius 2 is 1.12 bits per heavy atom. The predicted octanol–water partition coefficient (Wildman–Crippen LogP) is 9.69. The number of aromatic nitrogens is 1. The van der Waals surface area contributed by atoms with E-state index >= 15 is 0 Å². The fraction of sp³-hybridized carbons (Fsp3) is 0. The average molecular weight is 551 g/mol. The van der Waals surface area contributed by atoms with E-state index < -0.39 is 0 Å². The van der Waals surface area contributed by atoms with Crippen molar-refractivity contribution in [3.05, 3.63) is 109 Å². The van der Waals surface area contributed by atoms with Crippen LogP contribution in [0.5, 0.6) is 0 Å². The summed E-state index contributed by atoms with van der Waals surface area (Å²) >= 11 is 4.37. The van der Waals surface area contributed by atoms with Gasteiger partial charge < -0.3 is 0 Å². The molecule has 7 aromatic rings. The lowest BCUT2D eigenvalue weighted by atomic mass is 10.0. The molecule has 0 aliphatic rings. The lowest BCUT2D eigenvalue weighted by Gasteiger charge is -2.02. The molecule has 0 atom stereocenters. The molecule has 0 fully saturated rings. The summed E-state index contributed by atoms with van der Waals surface area (Å²) in [6.45, 7) is 0. The molecule has 0 amide bonds. The van der Waals surface area contributed by atoms with E-state index in [0.717, 1.165) is 0 Å². The highest BCUT2D eigenvalue weighted by Gasteiger charge is 2.16. The van der Waals surface area contributed by atoms with E-state index in [4.69, 9.17) is 0 Å². The van der Waals surface area contributed by atoms with Crippen LogP contribution in [-0.4, -0.2) is 2.78 Å². The second kappa shape index (κ2) is 7.44. The van der Waals surface area contributed by atoms with Gasteiger partial charge in [-0.15, -0.1) is 11.3 Å². The van der Waals surface area contributed by atoms with Gasteiger partial charge in [-0.2, -0.15) is 0 Å². The molecule has 0 bridgehead atoms. The molecule has 0 radical (unpaired) electrons. The number of nitrogens with zero attached hydrogens (tertiary/aromatic N) is 1. The zero-order chi connectivity index (χ0) is 21.9. The summed E-state index contributed by atoms with van der Waals surface area (Å²) in [4.78, 5) is 0. The topological polar surface area (TPSA) is 4.93 Å². The molecule has 0 aliphatic heterocycles. The van der Waals surface area contributed by atoms with Crippen molar-refractivity contribution in [3.63, 3.8) is 0 Å². The smallest absolute Gasteiger partial charge is 0.0768 e. The fourth-order valence-electron chi connectivity index (χ4n) is 4.90. The van der Waals surface area contributed by atoms with Crippen molar-refractivity contribution in [2.75, 3.05) is 0 Å². The van der Waals surface area contributed by atoms with E-state index in [1.54, 1.807) is 0 Å². The monoisotopic (exact) mass is 551 g/mol. The van der Waals surface area contributed by atoms with Crippen LogP contribution in [-0.2, 0) is 0 Å². The molecular formula is C30H18INS. The quantitative estimate of drug-likeness (QED) is 0.189. The first-order chi connectivity index (χ1) is 16.3. The molecule has 0 spiro atoms. The molecule has 0 saturated carbocycles. The number of benzene rings is 5. The number of hydrogen-bond acceptors (Lipinski definition) is 1. The van der Waals surface area contributed by atoms with Gasteiger partial charge in [-0.25, -0.2) is 0 Å². The Morgan fingerprint density at radius 3 is 1.82 bits per heavy atom. The highest BCUT2D eigenvalue weighted by molar-refractivity contribution is 14.1. The lowest BCUT2D eigenvalue weighted by Crippen LogP contribution is -1.79. The highest BCUT2D eigenvalue weighted by Crippen LogP contribution is 2.44. The van der Waals surface area contributed by atoms with Gasteiger partial charge in [-0.3, -0.25) is 2.78 Å². The summed E-state index contributed by atoms with van der Waals surface area (Å²) in [5.41, 5.74) is 7.62. The number of rotatable bonds is 2. The summed E-state index contributed by atoms with van der Waals surface area (Å²) in [6.07, 6.45) is 0. The standard InChI is InChI=1S/C30H18INS/c31-32-27-15-11-21(19-7-3-1-4-8-19)17-25(27)23-13-14-24-26-18-22(20-9-5-2-6-10-20)12-16-28(26)33-30(24)29(23)32/h1-18H. The molecule has 0 aliphatic carbocycles. The molecule has 33 heavy (non-hydrogen) atoms. The Balaban J connectivity index is 1.50. The molecule has 0 saturated heterocycles. The highest BCUT2D eigenvalue weighted by atomic mass is 127. The van der Waals surface area contributed by atoms with Crippen molar-refractivity contribution in [3.8, 4) is 22.3 Å². The van der Waals surface area contributed by atoms with Crippen LogP contribution in [0.15, 0.2) is 109 Å². The first-order valence-corrected chi connectivity index (χ1v) is 12.8. The van der Waals surface area contributed by atoms with E-state index in [9.17, 15) is 0 Å². The van der Waals surface area contributed by atoms with Crippen molar-refractivity contribution in [1.29, 1.82) is 0 Å². The average Bonchev–Trinajstić information content (AvgIpc) is 3.39. The van der Waals surface area contributed by atoms with Crippen LogP contribution in [0.3, 0.4) is 0 Å². The minimum absolute atomic E-state index is 1.25. The summed E-state index contributed by atoms with van der Waals surface area (Å²) in [6, 6.07) is 39.6. The number of hydrogen-bond donors (Lipinski definition) is 0. The Hall–Kier alpha value is -3.15. The third-order valence-corrected chi connectivity index (χ3v) is 8.72. The van der Waals surface area contributed by atoms with Gasteiger partial charge in [0.1, 0.15) is 0 Å². The molecule has 2 heterocycles. The van der Waals surface area contributed by atoms with Crippen molar-refractivity contribution < 1.29 is 0 Å². The molecule has 5 aromatic carbocycles. The largest absolute Gasteiger partial charge is 0.280 e. The molecule has 2 aromatic heterocycles. The maximum atomic E-state index is 2.47. The fourth-order valence-corrected chi connectivity index (χ4v) is 7.21. The first kappa shape index (κ1) is 19.3. The number of fused-ring (bicyclic) bond motifs is 7. The molecule has 0 N–H and O–H groups in total. The van der Waals surface area contributed by atoms with Crippen molar-refractivity contribution in [2.24, 2.45) is 0 Å². The van der Waals surface area contributed by atoms with Crippen LogP contribution in [0.25, 0.3) is 64.2 Å². The van der Waals surface area contributed by atoms with E-state index in [0.29, 0.717) is 0 Å². The van der Waals surface area contributed by atoms with Crippen LogP contribution < -0.4 is 0 Å². The van der Waals surface area contributed by atoms with Crippen LogP contribution in [0.4, 0.5) is 0 Å². The molecule has 3 heteroatoms. The molecule has 0 unspecified atom stereocenters. The third-order valence-electron chi connectivity index (χ3n) is 6.52. The van der Waals surface area contributed by atoms with E-state index in [1.807, 2.05) is 11.3 Å². The van der Waals surface area contributed by atoms with Gasteiger partial charge in [0.2, 0.25) is 0 Å². The van der Waals surface area contributed by atoms with E-state index in [1.165, 1.54) is 64.2 Å². The van der Waals surface area contributed by atoms with Gasteiger partial charge in [0.15, 0.2) is 0 Å². The van der Waals surface area contributed by atoms with Gasteiger partial charge in [-0.1, -0.05) is 84.9 Å². The van der Waals surface area contributed by atoms with Gasteiger partial charge in [-0.05, 0) is 46.5 Å². The molecular weight excluding hydrogens is 533 g/mol. The van der Waals surface area contributed by atoms with Crippen LogP contribution in [0.1, 0.15) is 0 Å². The normalized spacial score (nSPS) is 11.8.